The molecule has 0 fully saturated rings. The number of benzene rings is 6. The molecule has 12 rings (SSSR count). The topological polar surface area (TPSA) is 114 Å². The maximum Gasteiger partial charge on any atom is 2.00 e. The molecule has 0 unspecified atom stereocenters. The predicted octanol–water partition coefficient (Wildman–Crippen LogP) is 7.86. The van der Waals surface area contributed by atoms with Crippen molar-refractivity contribution < 1.29 is 30.6 Å². The smallest absolute Gasteiger partial charge is 0.274 e. The van der Waals surface area contributed by atoms with Crippen molar-refractivity contribution in [3.8, 4) is 67.5 Å². The monoisotopic (exact) mass is 1010 g/mol. The van der Waals surface area contributed by atoms with E-state index in [0.29, 0.717) is 0 Å². The molecule has 0 aliphatic carbocycles. The summed E-state index contributed by atoms with van der Waals surface area (Å²) in [6.07, 6.45) is 0. The molecule has 12 aromatic rings. The number of rotatable bonds is 12. The number of H-pyrrole nitrogens is 6. The van der Waals surface area contributed by atoms with Gasteiger partial charge in [0.05, 0.1) is 0 Å². The van der Waals surface area contributed by atoms with Gasteiger partial charge in [-0.3, -0.25) is 27.6 Å². The van der Waals surface area contributed by atoms with Crippen molar-refractivity contribution >= 4 is 52.0 Å². The van der Waals surface area contributed by atoms with Crippen LogP contribution in [0.15, 0.2) is 218 Å². The van der Waals surface area contributed by atoms with Crippen LogP contribution >= 0.6 is 0 Å². The van der Waals surface area contributed by atoms with Crippen molar-refractivity contribution in [2.45, 2.75) is 41.5 Å². The Kier molecular flexibility index (Phi) is 15.0. The van der Waals surface area contributed by atoms with E-state index in [2.05, 4.69) is 282 Å². The SMILES string of the molecule is Cc1cc(-c2ccccc2)[nH+]n1[BH-](n1[nH+]c(-c2ccccc2)cc1C)n1[nH+]c(-c2ccccc2)cc1C.Cc1cc(-c2ccccc2)[nH+]n1[BH-](n1[nH+]c(-c2ccccc2)cc1C)n1[nH+]c(-c2ccccc2)cc1C.[Ca+2]. The van der Waals surface area contributed by atoms with E-state index in [-0.39, 0.29) is 37.7 Å². The van der Waals surface area contributed by atoms with Gasteiger partial charge in [0.1, 0.15) is 0 Å². The van der Waals surface area contributed by atoms with E-state index in [1.54, 1.807) is 0 Å². The van der Waals surface area contributed by atoms with Crippen LogP contribution in [-0.2, 0) is 0 Å². The standard InChI is InChI=1S/2C30H28BN6.Ca/c2*1-22-19-28(25-13-7-4-8-14-25)32-35(22)31(36-23(2)20-29(33-36)26-15-9-5-10-16-26)37-24(3)21-30(34-37)27-17-11-6-12-18-27;/h2*4-21,31H,1-3H3;/q2*-1;+2/p+6. The largest absolute Gasteiger partial charge is 2.00 e. The third-order valence-electron chi connectivity index (χ3n) is 14.4. The molecule has 0 saturated carbocycles. The summed E-state index contributed by atoms with van der Waals surface area (Å²) < 4.78 is 13.7. The molecule has 75 heavy (non-hydrogen) atoms. The average molecular weight is 1010 g/mol. The molecule has 6 aromatic heterocycles. The Labute approximate surface area is 468 Å². The molecule has 364 valence electrons. The normalized spacial score (nSPS) is 11.2. The van der Waals surface area contributed by atoms with Crippen LogP contribution in [0.3, 0.4) is 0 Å². The first-order valence-corrected chi connectivity index (χ1v) is 25.5. The molecule has 0 amide bonds. The van der Waals surface area contributed by atoms with Gasteiger partial charge < -0.3 is 0 Å². The Morgan fingerprint density at radius 2 is 0.360 bits per heavy atom. The summed E-state index contributed by atoms with van der Waals surface area (Å²) in [6.45, 7) is 13.0. The van der Waals surface area contributed by atoms with Gasteiger partial charge in [0.15, 0.2) is 0 Å². The fraction of sp³-hybridized carbons (Fsp3) is 0.100. The van der Waals surface area contributed by atoms with Crippen molar-refractivity contribution in [2.75, 3.05) is 0 Å². The minimum atomic E-state index is -1.39. The minimum Gasteiger partial charge on any atom is -0.274 e. The van der Waals surface area contributed by atoms with Crippen LogP contribution in [0, 0.1) is 41.5 Å². The molecule has 0 radical (unpaired) electrons. The molecular weight excluding hydrogens is 950 g/mol. The molecule has 6 aromatic carbocycles. The molecule has 0 saturated heterocycles. The molecule has 0 atom stereocenters. The second-order valence-corrected chi connectivity index (χ2v) is 19.5. The summed E-state index contributed by atoms with van der Waals surface area (Å²) in [5, 5.41) is 22.3. The zero-order chi connectivity index (χ0) is 50.7. The third kappa shape index (κ3) is 10.5. The number of hydrogen-bond acceptors (Lipinski definition) is 0. The van der Waals surface area contributed by atoms with Gasteiger partial charge in [-0.1, -0.05) is 109 Å². The van der Waals surface area contributed by atoms with Gasteiger partial charge >= 0.3 is 52.0 Å². The van der Waals surface area contributed by atoms with Gasteiger partial charge in [0.2, 0.25) is 34.2 Å². The second kappa shape index (κ2) is 22.2. The van der Waals surface area contributed by atoms with E-state index in [0.717, 1.165) is 68.3 Å². The predicted molar refractivity (Wildman–Crippen MR) is 299 cm³/mol. The molecule has 0 spiro atoms. The van der Waals surface area contributed by atoms with Crippen molar-refractivity contribution in [2.24, 2.45) is 0 Å². The van der Waals surface area contributed by atoms with Crippen molar-refractivity contribution in [1.82, 2.24) is 27.6 Å². The van der Waals surface area contributed by atoms with Gasteiger partial charge in [0, 0.05) is 104 Å². The molecule has 12 nitrogen and oxygen atoms in total. The minimum absolute atomic E-state index is 0. The zero-order valence-electron chi connectivity index (χ0n) is 43.6. The Morgan fingerprint density at radius 3 is 0.493 bits per heavy atom. The fourth-order valence-electron chi connectivity index (χ4n) is 10.5. The van der Waals surface area contributed by atoms with E-state index in [9.17, 15) is 0 Å². The molecule has 0 aliphatic rings. The van der Waals surface area contributed by atoms with E-state index >= 15 is 0 Å². The number of aryl methyl sites for hydroxylation is 6. The van der Waals surface area contributed by atoms with Crippen LogP contribution in [0.4, 0.5) is 0 Å². The summed E-state index contributed by atoms with van der Waals surface area (Å²) in [5.74, 6) is 0. The van der Waals surface area contributed by atoms with Gasteiger partial charge in [0.25, 0.3) is 0 Å². The van der Waals surface area contributed by atoms with E-state index in [4.69, 9.17) is 0 Å². The summed E-state index contributed by atoms with van der Waals surface area (Å²) in [6, 6.07) is 76.2. The molecular formula is C60H62B2CaN12+6. The molecule has 0 aliphatic heterocycles. The molecule has 6 N–H and O–H groups in total. The maximum atomic E-state index is 3.72. The van der Waals surface area contributed by atoms with Crippen LogP contribution in [-0.4, -0.2) is 79.5 Å². The number of nitrogens with zero attached hydrogens (tertiary/aromatic N) is 6. The first-order valence-electron chi connectivity index (χ1n) is 25.5. The zero-order valence-corrected chi connectivity index (χ0v) is 45.8. The summed E-state index contributed by atoms with van der Waals surface area (Å²) >= 11 is 0. The Hall–Kier alpha value is -8.03. The first-order chi connectivity index (χ1) is 36.2. The van der Waals surface area contributed by atoms with Crippen LogP contribution in [0.1, 0.15) is 34.2 Å². The van der Waals surface area contributed by atoms with Crippen molar-refractivity contribution in [1.29, 1.82) is 0 Å². The van der Waals surface area contributed by atoms with E-state index < -0.39 is 14.2 Å². The number of aromatic nitrogens is 12. The van der Waals surface area contributed by atoms with Crippen molar-refractivity contribution in [3.05, 3.63) is 253 Å². The summed E-state index contributed by atoms with van der Waals surface area (Å²) in [4.78, 5) is 0. The fourth-order valence-corrected chi connectivity index (χ4v) is 10.5. The van der Waals surface area contributed by atoms with Gasteiger partial charge in [-0.2, -0.15) is 30.6 Å². The van der Waals surface area contributed by atoms with Crippen LogP contribution in [0.25, 0.3) is 67.5 Å². The number of nitrogens with one attached hydrogen (secondary N) is 6. The van der Waals surface area contributed by atoms with Gasteiger partial charge in [-0.05, 0) is 114 Å². The van der Waals surface area contributed by atoms with E-state index in [1.165, 1.54) is 33.4 Å². The van der Waals surface area contributed by atoms with Crippen LogP contribution in [0.2, 0.25) is 0 Å². The average Bonchev–Trinajstić information content (AvgIpc) is 4.33. The van der Waals surface area contributed by atoms with Crippen molar-refractivity contribution in [3.63, 3.8) is 0 Å². The summed E-state index contributed by atoms with van der Waals surface area (Å²) in [5.41, 5.74) is 20.5. The molecule has 0 bridgehead atoms. The third-order valence-corrected chi connectivity index (χ3v) is 14.4. The Balaban J connectivity index is 0.000000169. The molecule has 6 heterocycles. The van der Waals surface area contributed by atoms with Crippen LogP contribution < -0.4 is 30.6 Å². The molecule has 15 heteroatoms. The van der Waals surface area contributed by atoms with E-state index in [1.807, 2.05) is 36.4 Å². The first kappa shape index (κ1) is 50.5. The number of aromatic amines is 6. The Morgan fingerprint density at radius 1 is 0.227 bits per heavy atom. The Bertz CT molecular complexity index is 3160. The van der Waals surface area contributed by atoms with Gasteiger partial charge in [-0.15, -0.1) is 0 Å². The number of hydrogen-bond donors (Lipinski definition) is 0. The summed E-state index contributed by atoms with van der Waals surface area (Å²) in [7, 11) is -2.78. The quantitative estimate of drug-likeness (QED) is 0.111. The maximum absolute atomic E-state index is 3.72. The second-order valence-electron chi connectivity index (χ2n) is 19.5. The van der Waals surface area contributed by atoms with Gasteiger partial charge in [-0.25, -0.2) is 0 Å². The van der Waals surface area contributed by atoms with Crippen LogP contribution in [0.5, 0.6) is 0 Å².